The Kier molecular flexibility index (Phi) is 6.10. The van der Waals surface area contributed by atoms with E-state index in [1.807, 2.05) is 0 Å². The molecule has 0 aromatic heterocycles. The number of benzene rings is 1. The Balaban J connectivity index is 1.91. The van der Waals surface area contributed by atoms with E-state index in [-0.39, 0.29) is 11.7 Å². The van der Waals surface area contributed by atoms with E-state index in [1.165, 1.54) is 37.7 Å². The van der Waals surface area contributed by atoms with E-state index in [0.29, 0.717) is 0 Å². The third kappa shape index (κ3) is 5.03. The van der Waals surface area contributed by atoms with Crippen LogP contribution in [0.15, 0.2) is 24.3 Å². The topological polar surface area (TPSA) is 18.5 Å². The largest absolute Gasteiger partial charge is 0.465 e. The van der Waals surface area contributed by atoms with Gasteiger partial charge in [-0.1, -0.05) is 52.2 Å². The number of unbranched alkanes of at least 4 members (excludes halogenated alkanes) is 2. The lowest BCUT2D eigenvalue weighted by Gasteiger charge is -2.26. The van der Waals surface area contributed by atoms with Crippen LogP contribution >= 0.6 is 0 Å². The summed E-state index contributed by atoms with van der Waals surface area (Å²) in [6, 6.07) is 8.61. The monoisotopic (exact) mass is 290 g/mol. The van der Waals surface area contributed by atoms with Gasteiger partial charge in [0.2, 0.25) is 0 Å². The van der Waals surface area contributed by atoms with Crippen molar-refractivity contribution in [2.75, 3.05) is 6.61 Å². The highest BCUT2D eigenvalue weighted by Crippen LogP contribution is 2.31. The van der Waals surface area contributed by atoms with Crippen LogP contribution in [0, 0.1) is 0 Å². The Bertz CT molecular complexity index is 402. The van der Waals surface area contributed by atoms with Crippen molar-refractivity contribution in [3.63, 3.8) is 0 Å². The summed E-state index contributed by atoms with van der Waals surface area (Å²) in [7, 11) is 0. The van der Waals surface area contributed by atoms with Gasteiger partial charge < -0.3 is 9.47 Å². The average molecular weight is 290 g/mol. The molecule has 0 spiro atoms. The first-order valence-corrected chi connectivity index (χ1v) is 8.50. The molecular weight excluding hydrogens is 260 g/mol. The molecule has 0 amide bonds. The molecule has 1 aliphatic rings. The molecule has 0 aliphatic carbocycles. The fourth-order valence-electron chi connectivity index (χ4n) is 2.90. The summed E-state index contributed by atoms with van der Waals surface area (Å²) in [6.07, 6.45) is 8.46. The second kappa shape index (κ2) is 7.84. The fraction of sp³-hybridized carbons (Fsp3) is 0.684. The lowest BCUT2D eigenvalue weighted by molar-refractivity contribution is -0.105. The highest BCUT2D eigenvalue weighted by Gasteiger charge is 2.20. The van der Waals surface area contributed by atoms with Crippen molar-refractivity contribution in [1.29, 1.82) is 0 Å². The van der Waals surface area contributed by atoms with Crippen LogP contribution in [0.3, 0.4) is 0 Å². The molecule has 21 heavy (non-hydrogen) atoms. The molecule has 1 heterocycles. The van der Waals surface area contributed by atoms with Gasteiger partial charge in [0.05, 0.1) is 6.61 Å². The van der Waals surface area contributed by atoms with Crippen molar-refractivity contribution in [1.82, 2.24) is 0 Å². The molecule has 1 atom stereocenters. The molecule has 1 aliphatic heterocycles. The zero-order valence-corrected chi connectivity index (χ0v) is 13.9. The number of ether oxygens (including phenoxy) is 2. The maximum absolute atomic E-state index is 5.90. The van der Waals surface area contributed by atoms with Gasteiger partial charge in [0.1, 0.15) is 5.75 Å². The van der Waals surface area contributed by atoms with Crippen molar-refractivity contribution in [2.24, 2.45) is 0 Å². The summed E-state index contributed by atoms with van der Waals surface area (Å²) in [6.45, 7) is 7.76. The number of hydrogen-bond donors (Lipinski definition) is 0. The molecule has 2 heteroatoms. The van der Waals surface area contributed by atoms with Crippen LogP contribution in [0.25, 0.3) is 0 Å². The van der Waals surface area contributed by atoms with E-state index in [9.17, 15) is 0 Å². The first kappa shape index (κ1) is 16.4. The van der Waals surface area contributed by atoms with Crippen LogP contribution in [0.2, 0.25) is 0 Å². The second-order valence-corrected chi connectivity index (χ2v) is 6.78. The quantitative estimate of drug-likeness (QED) is 0.622. The number of rotatable bonds is 7. The molecule has 118 valence electrons. The van der Waals surface area contributed by atoms with Crippen LogP contribution in [0.1, 0.15) is 71.3 Å². The SMILES string of the molecule is CCCCCC(C)(C)c1ccc(OC2CCCCO2)cc1. The van der Waals surface area contributed by atoms with Gasteiger partial charge in [0.15, 0.2) is 6.29 Å². The minimum absolute atomic E-state index is 0.0536. The minimum atomic E-state index is -0.0536. The van der Waals surface area contributed by atoms with Crippen molar-refractivity contribution in [2.45, 2.75) is 77.4 Å². The Morgan fingerprint density at radius 3 is 2.52 bits per heavy atom. The predicted octanol–water partition coefficient (Wildman–Crippen LogP) is 5.45. The van der Waals surface area contributed by atoms with Crippen LogP contribution in [0.5, 0.6) is 5.75 Å². The minimum Gasteiger partial charge on any atom is -0.465 e. The van der Waals surface area contributed by atoms with Crippen molar-refractivity contribution in [3.8, 4) is 5.75 Å². The highest BCUT2D eigenvalue weighted by atomic mass is 16.7. The first-order valence-electron chi connectivity index (χ1n) is 8.50. The Labute approximate surface area is 129 Å². The van der Waals surface area contributed by atoms with E-state index in [2.05, 4.69) is 45.0 Å². The highest BCUT2D eigenvalue weighted by molar-refractivity contribution is 5.31. The fourth-order valence-corrected chi connectivity index (χ4v) is 2.90. The molecule has 2 nitrogen and oxygen atoms in total. The van der Waals surface area contributed by atoms with Crippen LogP contribution in [-0.2, 0) is 10.2 Å². The Hall–Kier alpha value is -1.02. The summed E-state index contributed by atoms with van der Waals surface area (Å²) in [4.78, 5) is 0. The second-order valence-electron chi connectivity index (χ2n) is 6.78. The van der Waals surface area contributed by atoms with Gasteiger partial charge in [-0.2, -0.15) is 0 Å². The van der Waals surface area contributed by atoms with E-state index in [0.717, 1.165) is 25.2 Å². The average Bonchev–Trinajstić information content (AvgIpc) is 2.49. The summed E-state index contributed by atoms with van der Waals surface area (Å²) in [5.41, 5.74) is 1.64. The third-order valence-corrected chi connectivity index (χ3v) is 4.45. The molecule has 0 radical (unpaired) electrons. The normalized spacial score (nSPS) is 19.5. The molecule has 1 fully saturated rings. The van der Waals surface area contributed by atoms with Crippen LogP contribution in [-0.4, -0.2) is 12.9 Å². The van der Waals surface area contributed by atoms with Gasteiger partial charge in [-0.25, -0.2) is 0 Å². The van der Waals surface area contributed by atoms with Crippen LogP contribution in [0.4, 0.5) is 0 Å². The van der Waals surface area contributed by atoms with Crippen molar-refractivity contribution < 1.29 is 9.47 Å². The summed E-state index contributed by atoms with van der Waals surface area (Å²) >= 11 is 0. The lowest BCUT2D eigenvalue weighted by Crippen LogP contribution is -2.25. The molecular formula is C19H30O2. The number of hydrogen-bond acceptors (Lipinski definition) is 2. The first-order chi connectivity index (χ1) is 10.1. The molecule has 1 aromatic carbocycles. The Morgan fingerprint density at radius 2 is 1.90 bits per heavy atom. The molecule has 1 unspecified atom stereocenters. The summed E-state index contributed by atoms with van der Waals surface area (Å²) < 4.78 is 11.5. The van der Waals surface area contributed by atoms with Crippen LogP contribution < -0.4 is 4.74 Å². The van der Waals surface area contributed by atoms with Gasteiger partial charge >= 0.3 is 0 Å². The molecule has 1 aromatic rings. The molecule has 2 rings (SSSR count). The van der Waals surface area contributed by atoms with E-state index in [1.54, 1.807) is 0 Å². The van der Waals surface area contributed by atoms with Gasteiger partial charge in [-0.15, -0.1) is 0 Å². The lowest BCUT2D eigenvalue weighted by atomic mass is 9.80. The van der Waals surface area contributed by atoms with Gasteiger partial charge in [-0.3, -0.25) is 0 Å². The van der Waals surface area contributed by atoms with E-state index >= 15 is 0 Å². The maximum Gasteiger partial charge on any atom is 0.199 e. The molecule has 0 bridgehead atoms. The van der Waals surface area contributed by atoms with E-state index in [4.69, 9.17) is 9.47 Å². The Morgan fingerprint density at radius 1 is 1.14 bits per heavy atom. The summed E-state index contributed by atoms with van der Waals surface area (Å²) in [5.74, 6) is 0.926. The van der Waals surface area contributed by atoms with Crippen molar-refractivity contribution >= 4 is 0 Å². The standard InChI is InChI=1S/C19H30O2/c1-4-5-7-14-19(2,3)16-10-12-17(13-11-16)21-18-9-6-8-15-20-18/h10-13,18H,4-9,14-15H2,1-3H3. The maximum atomic E-state index is 5.90. The molecule has 1 saturated heterocycles. The van der Waals surface area contributed by atoms with Gasteiger partial charge in [0, 0.05) is 6.42 Å². The zero-order valence-electron chi connectivity index (χ0n) is 13.9. The van der Waals surface area contributed by atoms with E-state index < -0.39 is 0 Å². The zero-order chi connectivity index (χ0) is 15.1. The summed E-state index contributed by atoms with van der Waals surface area (Å²) in [5, 5.41) is 0. The van der Waals surface area contributed by atoms with Gasteiger partial charge in [0.25, 0.3) is 0 Å². The molecule has 0 saturated carbocycles. The molecule has 0 N–H and O–H groups in total. The van der Waals surface area contributed by atoms with Gasteiger partial charge in [-0.05, 0) is 42.4 Å². The smallest absolute Gasteiger partial charge is 0.199 e. The third-order valence-electron chi connectivity index (χ3n) is 4.45. The predicted molar refractivity (Wildman–Crippen MR) is 87.8 cm³/mol. The van der Waals surface area contributed by atoms with Crippen molar-refractivity contribution in [3.05, 3.63) is 29.8 Å².